The fourth-order valence-corrected chi connectivity index (χ4v) is 4.13. The zero-order valence-corrected chi connectivity index (χ0v) is 15.1. The number of nitrogens with one attached hydrogen (secondary N) is 1. The van der Waals surface area contributed by atoms with E-state index in [1.165, 1.54) is 0 Å². The van der Waals surface area contributed by atoms with Crippen LogP contribution >= 0.6 is 0 Å². The highest BCUT2D eigenvalue weighted by Gasteiger charge is 2.37. The van der Waals surface area contributed by atoms with Crippen molar-refractivity contribution in [2.45, 2.75) is 18.7 Å². The summed E-state index contributed by atoms with van der Waals surface area (Å²) in [5.41, 5.74) is 0. The smallest absolute Gasteiger partial charge is 0.320 e. The Morgan fingerprint density at radius 3 is 2.58 bits per heavy atom. The quantitative estimate of drug-likeness (QED) is 0.717. The molecule has 2 amide bonds. The van der Waals surface area contributed by atoms with Gasteiger partial charge in [-0.15, -0.1) is 0 Å². The first kappa shape index (κ1) is 17.7. The van der Waals surface area contributed by atoms with Crippen molar-refractivity contribution in [1.29, 1.82) is 0 Å². The third-order valence-electron chi connectivity index (χ3n) is 5.60. The minimum absolute atomic E-state index is 0.124. The second-order valence-corrected chi connectivity index (χ2v) is 7.27. The summed E-state index contributed by atoms with van der Waals surface area (Å²) in [6.07, 6.45) is 3.22. The molecule has 0 bridgehead atoms. The van der Waals surface area contributed by atoms with Gasteiger partial charge in [-0.2, -0.15) is 0 Å². The normalized spacial score (nSPS) is 28.7. The van der Waals surface area contributed by atoms with Crippen molar-refractivity contribution in [3.05, 3.63) is 18.2 Å². The van der Waals surface area contributed by atoms with Crippen molar-refractivity contribution in [2.24, 2.45) is 0 Å². The summed E-state index contributed by atoms with van der Waals surface area (Å²) in [5, 5.41) is 10.5. The van der Waals surface area contributed by atoms with Crippen molar-refractivity contribution < 1.29 is 14.6 Å². The van der Waals surface area contributed by atoms with Crippen LogP contribution in [0, 0.1) is 0 Å². The van der Waals surface area contributed by atoms with Crippen molar-refractivity contribution >= 4 is 6.03 Å². The monoisotopic (exact) mass is 364 g/mol. The van der Waals surface area contributed by atoms with Gasteiger partial charge in [-0.05, 0) is 0 Å². The number of nitrogens with zero attached hydrogens (tertiary/aromatic N) is 5. The molecule has 0 aromatic carbocycles. The minimum atomic E-state index is -0.355. The first-order valence-electron chi connectivity index (χ1n) is 9.45. The largest absolute Gasteiger partial charge is 0.390 e. The molecule has 3 fully saturated rings. The molecule has 3 aliphatic heterocycles. The minimum Gasteiger partial charge on any atom is -0.390 e. The Labute approximate surface area is 153 Å². The number of hydrogen-bond donors (Lipinski definition) is 2. The second kappa shape index (κ2) is 7.91. The van der Waals surface area contributed by atoms with E-state index in [-0.39, 0.29) is 18.2 Å². The first-order valence-corrected chi connectivity index (χ1v) is 9.45. The van der Waals surface area contributed by atoms with E-state index in [9.17, 15) is 9.90 Å². The van der Waals surface area contributed by atoms with Gasteiger partial charge in [0.1, 0.15) is 5.82 Å². The number of aliphatic hydroxyl groups excluding tert-OH is 1. The third kappa shape index (κ3) is 3.85. The fourth-order valence-electron chi connectivity index (χ4n) is 4.13. The lowest BCUT2D eigenvalue weighted by Crippen LogP contribution is -2.58. The van der Waals surface area contributed by atoms with Crippen molar-refractivity contribution in [2.75, 3.05) is 65.6 Å². The maximum absolute atomic E-state index is 12.6. The molecule has 9 nitrogen and oxygen atoms in total. The second-order valence-electron chi connectivity index (χ2n) is 7.27. The molecular formula is C17H28N6O3. The number of aromatic amines is 1. The summed E-state index contributed by atoms with van der Waals surface area (Å²) < 4.78 is 5.32. The van der Waals surface area contributed by atoms with Crippen molar-refractivity contribution in [1.82, 2.24) is 29.6 Å². The number of urea groups is 1. The molecule has 1 aromatic rings. The van der Waals surface area contributed by atoms with Gasteiger partial charge in [-0.25, -0.2) is 9.78 Å². The summed E-state index contributed by atoms with van der Waals surface area (Å²) in [7, 11) is 0. The molecule has 2 atom stereocenters. The average Bonchev–Trinajstić information content (AvgIpc) is 3.32. The molecule has 0 saturated carbocycles. The fraction of sp³-hybridized carbons (Fsp3) is 0.765. The molecule has 3 aliphatic rings. The SMILES string of the molecule is O=C(N1CCOCC1)N1CCN([C@H]2CN(Cc3ncc[nH]3)C[C@@H]2O)CC1. The lowest BCUT2D eigenvalue weighted by atomic mass is 10.1. The molecule has 0 aliphatic carbocycles. The molecule has 0 unspecified atom stereocenters. The van der Waals surface area contributed by atoms with Crippen LogP contribution in [0.1, 0.15) is 5.82 Å². The lowest BCUT2D eigenvalue weighted by molar-refractivity contribution is 0.0259. The standard InChI is InChI=1S/C17H28N6O3/c24-15-12-20(13-16-18-1-2-19-16)11-14(15)21-3-5-22(6-4-21)17(25)23-7-9-26-10-8-23/h1-2,14-15,24H,3-13H2,(H,18,19)/t14-,15-/m0/s1. The van der Waals surface area contributed by atoms with Crippen LogP contribution in [-0.4, -0.2) is 118 Å². The van der Waals surface area contributed by atoms with Crippen LogP contribution in [0.2, 0.25) is 0 Å². The molecule has 2 N–H and O–H groups in total. The van der Waals surface area contributed by atoms with Crippen LogP contribution in [-0.2, 0) is 11.3 Å². The summed E-state index contributed by atoms with van der Waals surface area (Å²) >= 11 is 0. The topological polar surface area (TPSA) is 88.2 Å². The van der Waals surface area contributed by atoms with E-state index in [4.69, 9.17) is 4.74 Å². The zero-order valence-electron chi connectivity index (χ0n) is 15.1. The Hall–Kier alpha value is -1.68. The molecule has 3 saturated heterocycles. The zero-order chi connectivity index (χ0) is 17.9. The van der Waals surface area contributed by atoms with E-state index in [0.29, 0.717) is 32.8 Å². The molecule has 9 heteroatoms. The molecule has 144 valence electrons. The Morgan fingerprint density at radius 1 is 1.15 bits per heavy atom. The van der Waals surface area contributed by atoms with Gasteiger partial charge >= 0.3 is 6.03 Å². The number of aromatic nitrogens is 2. The highest BCUT2D eigenvalue weighted by molar-refractivity contribution is 5.74. The summed E-state index contributed by atoms with van der Waals surface area (Å²) in [4.78, 5) is 28.4. The van der Waals surface area contributed by atoms with Crippen molar-refractivity contribution in [3.63, 3.8) is 0 Å². The Kier molecular flexibility index (Phi) is 5.39. The number of hydrogen-bond acceptors (Lipinski definition) is 6. The van der Waals surface area contributed by atoms with E-state index < -0.39 is 0 Å². The van der Waals surface area contributed by atoms with Gasteiger partial charge in [0.15, 0.2) is 0 Å². The van der Waals surface area contributed by atoms with Crippen LogP contribution in [0.5, 0.6) is 0 Å². The van der Waals surface area contributed by atoms with Gasteiger partial charge < -0.3 is 24.6 Å². The van der Waals surface area contributed by atoms with E-state index in [2.05, 4.69) is 19.8 Å². The van der Waals surface area contributed by atoms with Gasteiger partial charge in [-0.3, -0.25) is 9.80 Å². The van der Waals surface area contributed by atoms with E-state index in [1.807, 2.05) is 16.0 Å². The van der Waals surface area contributed by atoms with Gasteiger partial charge in [0.25, 0.3) is 0 Å². The van der Waals surface area contributed by atoms with Crippen LogP contribution in [0.15, 0.2) is 12.4 Å². The number of H-pyrrole nitrogens is 1. The number of β-amino-alcohol motifs (C(OH)–C–C–N with tert-alkyl or cyclic N) is 1. The highest BCUT2D eigenvalue weighted by atomic mass is 16.5. The summed E-state index contributed by atoms with van der Waals surface area (Å²) in [6.45, 7) is 7.92. The number of ether oxygens (including phenoxy) is 1. The average molecular weight is 364 g/mol. The van der Waals surface area contributed by atoms with Gasteiger partial charge in [-0.1, -0.05) is 0 Å². The number of morpholine rings is 1. The Bertz CT molecular complexity index is 583. The van der Waals surface area contributed by atoms with Gasteiger partial charge in [0.05, 0.1) is 25.9 Å². The number of piperazine rings is 1. The molecule has 0 spiro atoms. The molecule has 26 heavy (non-hydrogen) atoms. The van der Waals surface area contributed by atoms with E-state index >= 15 is 0 Å². The molecule has 4 rings (SSSR count). The van der Waals surface area contributed by atoms with E-state index in [1.54, 1.807) is 6.20 Å². The maximum Gasteiger partial charge on any atom is 0.320 e. The van der Waals surface area contributed by atoms with Crippen LogP contribution in [0.25, 0.3) is 0 Å². The van der Waals surface area contributed by atoms with Crippen LogP contribution in [0.4, 0.5) is 4.79 Å². The van der Waals surface area contributed by atoms with Crippen LogP contribution in [0.3, 0.4) is 0 Å². The summed E-state index contributed by atoms with van der Waals surface area (Å²) in [5.74, 6) is 0.929. The number of likely N-dealkylation sites (tertiary alicyclic amines) is 1. The summed E-state index contributed by atoms with van der Waals surface area (Å²) in [6, 6.07) is 0.255. The van der Waals surface area contributed by atoms with Crippen molar-refractivity contribution in [3.8, 4) is 0 Å². The van der Waals surface area contributed by atoms with Gasteiger partial charge in [0.2, 0.25) is 0 Å². The third-order valence-corrected chi connectivity index (χ3v) is 5.60. The van der Waals surface area contributed by atoms with E-state index in [0.717, 1.165) is 45.1 Å². The molecule has 1 aromatic heterocycles. The van der Waals surface area contributed by atoms with Gasteiger partial charge in [0, 0.05) is 70.8 Å². The highest BCUT2D eigenvalue weighted by Crippen LogP contribution is 2.20. The Balaban J connectivity index is 1.27. The Morgan fingerprint density at radius 2 is 1.88 bits per heavy atom. The number of imidazole rings is 1. The predicted octanol–water partition coefficient (Wildman–Crippen LogP) is -0.975. The number of rotatable bonds is 3. The number of carbonyl (C=O) groups excluding carboxylic acids is 1. The number of amides is 2. The molecule has 4 heterocycles. The predicted molar refractivity (Wildman–Crippen MR) is 94.6 cm³/mol. The molecule has 0 radical (unpaired) electrons. The molecular weight excluding hydrogens is 336 g/mol. The maximum atomic E-state index is 12.6. The first-order chi connectivity index (χ1) is 12.7. The lowest BCUT2D eigenvalue weighted by Gasteiger charge is -2.41. The number of aliphatic hydroxyl groups is 1. The van der Waals surface area contributed by atoms with Crippen LogP contribution < -0.4 is 0 Å². The number of carbonyl (C=O) groups is 1.